The maximum atomic E-state index is 13.4. The summed E-state index contributed by atoms with van der Waals surface area (Å²) in [7, 11) is 1.25. The van der Waals surface area contributed by atoms with E-state index in [4.69, 9.17) is 4.74 Å². The van der Waals surface area contributed by atoms with Crippen molar-refractivity contribution in [3.05, 3.63) is 58.9 Å². The number of pyridine rings is 1. The molecule has 6 nitrogen and oxygen atoms in total. The molecule has 1 aromatic carbocycles. The summed E-state index contributed by atoms with van der Waals surface area (Å²) in [6.07, 6.45) is -1.79. The fourth-order valence-corrected chi connectivity index (χ4v) is 4.96. The van der Waals surface area contributed by atoms with E-state index in [2.05, 4.69) is 10.3 Å². The van der Waals surface area contributed by atoms with Crippen molar-refractivity contribution < 1.29 is 27.5 Å². The third kappa shape index (κ3) is 4.28. The number of nitrogens with zero attached hydrogens (tertiary/aromatic N) is 2. The van der Waals surface area contributed by atoms with E-state index in [0.717, 1.165) is 6.07 Å². The number of aryl methyl sites for hydroxylation is 1. The molecule has 0 spiro atoms. The minimum absolute atomic E-state index is 0.145. The number of nitrogens with one attached hydrogen (secondary N) is 1. The number of methoxy groups -OCH3 is 1. The molecule has 1 aromatic heterocycles. The van der Waals surface area contributed by atoms with E-state index in [1.807, 2.05) is 0 Å². The van der Waals surface area contributed by atoms with Crippen molar-refractivity contribution in [1.29, 1.82) is 0 Å². The fraction of sp³-hybridized carbons (Fsp3) is 0.435. The molecular formula is C23H24F3N3O3. The molecule has 2 amide bonds. The first-order chi connectivity index (χ1) is 15.2. The van der Waals surface area contributed by atoms with Crippen molar-refractivity contribution in [2.75, 3.05) is 25.5 Å². The number of alkyl halides is 3. The first-order valence-corrected chi connectivity index (χ1v) is 10.4. The SMILES string of the molecule is COC(=O)c1cnc(C)cc1NC(=O)N1C[C@H]2C[C@@H](c3ccccc3C(F)(F)F)C[C@H]2C1. The van der Waals surface area contributed by atoms with Crippen molar-refractivity contribution in [1.82, 2.24) is 9.88 Å². The summed E-state index contributed by atoms with van der Waals surface area (Å²) in [6, 6.07) is 7.02. The van der Waals surface area contributed by atoms with Crippen molar-refractivity contribution in [2.45, 2.75) is 31.9 Å². The number of likely N-dealkylation sites (tertiary alicyclic amines) is 1. The number of halogens is 3. The lowest BCUT2D eigenvalue weighted by Crippen LogP contribution is -2.34. The summed E-state index contributed by atoms with van der Waals surface area (Å²) >= 11 is 0. The first kappa shape index (κ1) is 22.1. The molecule has 4 rings (SSSR count). The van der Waals surface area contributed by atoms with Gasteiger partial charge in [-0.2, -0.15) is 13.2 Å². The van der Waals surface area contributed by atoms with Gasteiger partial charge in [-0.25, -0.2) is 9.59 Å². The Labute approximate surface area is 183 Å². The van der Waals surface area contributed by atoms with Crippen molar-refractivity contribution >= 4 is 17.7 Å². The number of hydrogen-bond acceptors (Lipinski definition) is 4. The fourth-order valence-electron chi connectivity index (χ4n) is 4.96. The number of esters is 1. The predicted molar refractivity (Wildman–Crippen MR) is 111 cm³/mol. The number of urea groups is 1. The van der Waals surface area contributed by atoms with E-state index in [9.17, 15) is 22.8 Å². The van der Waals surface area contributed by atoms with Gasteiger partial charge in [0.2, 0.25) is 0 Å². The van der Waals surface area contributed by atoms with Crippen LogP contribution in [0.15, 0.2) is 36.5 Å². The zero-order valence-electron chi connectivity index (χ0n) is 17.8. The van der Waals surface area contributed by atoms with Gasteiger partial charge < -0.3 is 15.0 Å². The van der Waals surface area contributed by atoms with E-state index in [-0.39, 0.29) is 29.3 Å². The molecule has 0 radical (unpaired) electrons. The van der Waals surface area contributed by atoms with Gasteiger partial charge in [0.15, 0.2) is 0 Å². The Balaban J connectivity index is 1.43. The second kappa shape index (κ2) is 8.44. The molecule has 170 valence electrons. The second-order valence-corrected chi connectivity index (χ2v) is 8.47. The van der Waals surface area contributed by atoms with E-state index < -0.39 is 17.7 Å². The highest BCUT2D eigenvalue weighted by atomic mass is 19.4. The van der Waals surface area contributed by atoms with Crippen molar-refractivity contribution in [3.8, 4) is 0 Å². The molecule has 2 heterocycles. The number of carbonyl (C=O) groups is 2. The number of anilines is 1. The third-order valence-corrected chi connectivity index (χ3v) is 6.43. The molecule has 32 heavy (non-hydrogen) atoms. The molecule has 1 aliphatic carbocycles. The summed E-state index contributed by atoms with van der Waals surface area (Å²) in [5.41, 5.74) is 0.902. The minimum atomic E-state index is -4.37. The lowest BCUT2D eigenvalue weighted by Gasteiger charge is -2.22. The zero-order valence-corrected chi connectivity index (χ0v) is 17.8. The average molecular weight is 447 g/mol. The van der Waals surface area contributed by atoms with Gasteiger partial charge in [-0.1, -0.05) is 18.2 Å². The number of ether oxygens (including phenoxy) is 1. The van der Waals surface area contributed by atoms with Crippen LogP contribution in [0.4, 0.5) is 23.7 Å². The molecular weight excluding hydrogens is 423 g/mol. The summed E-state index contributed by atoms with van der Waals surface area (Å²) in [6.45, 7) is 2.69. The third-order valence-electron chi connectivity index (χ3n) is 6.43. The number of benzene rings is 1. The minimum Gasteiger partial charge on any atom is -0.465 e. The van der Waals surface area contributed by atoms with Crippen LogP contribution in [0.2, 0.25) is 0 Å². The Morgan fingerprint density at radius 3 is 2.44 bits per heavy atom. The van der Waals surface area contributed by atoms with E-state index in [1.54, 1.807) is 30.0 Å². The van der Waals surface area contributed by atoms with Crippen LogP contribution in [-0.2, 0) is 10.9 Å². The number of fused-ring (bicyclic) bond motifs is 1. The molecule has 2 aliphatic rings. The summed E-state index contributed by atoms with van der Waals surface area (Å²) in [4.78, 5) is 30.6. The van der Waals surface area contributed by atoms with Gasteiger partial charge in [0.1, 0.15) is 5.56 Å². The van der Waals surface area contributed by atoms with Crippen LogP contribution in [0, 0.1) is 18.8 Å². The quantitative estimate of drug-likeness (QED) is 0.683. The smallest absolute Gasteiger partial charge is 0.416 e. The maximum Gasteiger partial charge on any atom is 0.416 e. The molecule has 1 saturated carbocycles. The van der Waals surface area contributed by atoms with E-state index in [1.165, 1.54) is 19.4 Å². The molecule has 1 aliphatic heterocycles. The Bertz CT molecular complexity index is 1030. The van der Waals surface area contributed by atoms with Crippen LogP contribution < -0.4 is 5.32 Å². The van der Waals surface area contributed by atoms with Gasteiger partial charge in [0.25, 0.3) is 0 Å². The standard InChI is InChI=1S/C23H24F3N3O3/c1-13-7-20(18(10-27-13)21(30)32-2)28-22(31)29-11-15-8-14(9-16(15)12-29)17-5-3-4-6-19(17)23(24,25)26/h3-7,10,14-16H,8-9,11-12H2,1-2H3,(H,27,28,31)/t14-,15-,16+. The molecule has 1 N–H and O–H groups in total. The van der Waals surface area contributed by atoms with Crippen LogP contribution >= 0.6 is 0 Å². The van der Waals surface area contributed by atoms with Crippen LogP contribution in [-0.4, -0.2) is 42.1 Å². The molecule has 0 unspecified atom stereocenters. The van der Waals surface area contributed by atoms with Crippen LogP contribution in [0.1, 0.15) is 45.9 Å². The van der Waals surface area contributed by atoms with Gasteiger partial charge in [-0.15, -0.1) is 0 Å². The zero-order chi connectivity index (χ0) is 23.0. The lowest BCUT2D eigenvalue weighted by atomic mass is 9.91. The second-order valence-electron chi connectivity index (χ2n) is 8.47. The van der Waals surface area contributed by atoms with Crippen LogP contribution in [0.3, 0.4) is 0 Å². The van der Waals surface area contributed by atoms with E-state index in [0.29, 0.717) is 42.9 Å². The molecule has 0 bridgehead atoms. The number of aromatic nitrogens is 1. The normalized spacial score (nSPS) is 22.5. The summed E-state index contributed by atoms with van der Waals surface area (Å²) in [5, 5.41) is 2.77. The largest absolute Gasteiger partial charge is 0.465 e. The molecule has 2 fully saturated rings. The van der Waals surface area contributed by atoms with Gasteiger partial charge in [0.05, 0.1) is 18.4 Å². The Kier molecular flexibility index (Phi) is 5.83. The molecule has 9 heteroatoms. The average Bonchev–Trinajstić information content (AvgIpc) is 3.32. The van der Waals surface area contributed by atoms with Gasteiger partial charge in [-0.05, 0) is 55.2 Å². The Morgan fingerprint density at radius 2 is 1.81 bits per heavy atom. The topological polar surface area (TPSA) is 71.5 Å². The van der Waals surface area contributed by atoms with Gasteiger partial charge >= 0.3 is 18.2 Å². The summed E-state index contributed by atoms with van der Waals surface area (Å²) < 4.78 is 45.0. The lowest BCUT2D eigenvalue weighted by molar-refractivity contribution is -0.138. The van der Waals surface area contributed by atoms with E-state index >= 15 is 0 Å². The van der Waals surface area contributed by atoms with Crippen molar-refractivity contribution in [3.63, 3.8) is 0 Å². The molecule has 1 saturated heterocycles. The molecule has 3 atom stereocenters. The van der Waals surface area contributed by atoms with Crippen LogP contribution in [0.25, 0.3) is 0 Å². The highest BCUT2D eigenvalue weighted by Crippen LogP contribution is 2.48. The number of rotatable bonds is 3. The predicted octanol–water partition coefficient (Wildman–Crippen LogP) is 4.85. The monoisotopic (exact) mass is 447 g/mol. The first-order valence-electron chi connectivity index (χ1n) is 10.4. The highest BCUT2D eigenvalue weighted by molar-refractivity contribution is 6.00. The van der Waals surface area contributed by atoms with Gasteiger partial charge in [0, 0.05) is 25.0 Å². The van der Waals surface area contributed by atoms with Crippen molar-refractivity contribution in [2.24, 2.45) is 11.8 Å². The van der Waals surface area contributed by atoms with Crippen LogP contribution in [0.5, 0.6) is 0 Å². The number of carbonyl (C=O) groups excluding carboxylic acids is 2. The highest BCUT2D eigenvalue weighted by Gasteiger charge is 2.45. The number of hydrogen-bond donors (Lipinski definition) is 1. The maximum absolute atomic E-state index is 13.4. The number of amides is 2. The van der Waals surface area contributed by atoms with Gasteiger partial charge in [-0.3, -0.25) is 4.98 Å². The molecule has 2 aromatic rings. The summed E-state index contributed by atoms with van der Waals surface area (Å²) in [5.74, 6) is -0.475. The Hall–Kier alpha value is -3.10. The Morgan fingerprint density at radius 1 is 1.16 bits per heavy atom.